The molecule has 44 heavy (non-hydrogen) atoms. The molecule has 242 valence electrons. The molecule has 1 heterocycles. The molecule has 0 radical (unpaired) electrons. The first-order chi connectivity index (χ1) is 21.0. The summed E-state index contributed by atoms with van der Waals surface area (Å²) in [4.78, 5) is 0. The van der Waals surface area contributed by atoms with Gasteiger partial charge in [-0.3, -0.25) is 0 Å². The Hall–Kier alpha value is -3.31. The minimum atomic E-state index is -0.742. The standard InChI is InChI=1S/C39H56FNO3/c1-10-14-15-17-31(23-32(27(6)16-11-2)22-28(7)38-35(42)19-18-34(40)39(38)43)30(13-4)24-36(44-9)37(26(5)12-3)33-20-21-41-25-29(33)8/h13,17-20,23-24,26,28-29,41-43H,4,6,10-12,14-16,21-22,25H2,1-3,5,7-9H3/b30-24+,31-17+,32-23-,37-36-. The third kappa shape index (κ3) is 9.85. The normalized spacial score (nSPS) is 18.3. The van der Waals surface area contributed by atoms with Crippen LogP contribution < -0.4 is 5.32 Å². The summed E-state index contributed by atoms with van der Waals surface area (Å²) in [7, 11) is 1.74. The summed E-state index contributed by atoms with van der Waals surface area (Å²) in [6.07, 6.45) is 16.9. The van der Waals surface area contributed by atoms with Crippen molar-refractivity contribution < 1.29 is 19.3 Å². The van der Waals surface area contributed by atoms with Crippen molar-refractivity contribution >= 4 is 0 Å². The van der Waals surface area contributed by atoms with E-state index in [4.69, 9.17) is 4.74 Å². The lowest BCUT2D eigenvalue weighted by Crippen LogP contribution is -2.29. The summed E-state index contributed by atoms with van der Waals surface area (Å²) in [6, 6.07) is 2.38. The molecule has 0 amide bonds. The fraction of sp³-hybridized carbons (Fsp3) is 0.487. The van der Waals surface area contributed by atoms with Crippen molar-refractivity contribution in [3.8, 4) is 11.5 Å². The summed E-state index contributed by atoms with van der Waals surface area (Å²) in [5, 5.41) is 24.5. The number of benzene rings is 1. The Morgan fingerprint density at radius 1 is 1.14 bits per heavy atom. The lowest BCUT2D eigenvalue weighted by molar-refractivity contribution is 0.296. The van der Waals surface area contributed by atoms with Gasteiger partial charge >= 0.3 is 0 Å². The Labute approximate surface area is 266 Å². The quantitative estimate of drug-likeness (QED) is 0.0939. The molecule has 3 unspecified atom stereocenters. The molecule has 0 bridgehead atoms. The van der Waals surface area contributed by atoms with Crippen LogP contribution in [0.5, 0.6) is 11.5 Å². The summed E-state index contributed by atoms with van der Waals surface area (Å²) in [5.74, 6) is -0.171. The molecule has 4 nitrogen and oxygen atoms in total. The number of nitrogens with one attached hydrogen (secondary N) is 1. The lowest BCUT2D eigenvalue weighted by atomic mass is 9.82. The number of phenolic OH excluding ortho intramolecular Hbond substituents is 2. The minimum absolute atomic E-state index is 0.115. The zero-order chi connectivity index (χ0) is 32.8. The average Bonchev–Trinajstić information content (AvgIpc) is 3.01. The molecule has 1 aliphatic rings. The second-order valence-corrected chi connectivity index (χ2v) is 12.1. The molecule has 0 saturated carbocycles. The Bertz CT molecular complexity index is 1300. The van der Waals surface area contributed by atoms with Crippen LogP contribution in [0.2, 0.25) is 0 Å². The van der Waals surface area contributed by atoms with E-state index in [0.29, 0.717) is 18.3 Å². The molecule has 1 aromatic carbocycles. The van der Waals surface area contributed by atoms with Crippen LogP contribution in [-0.4, -0.2) is 30.4 Å². The van der Waals surface area contributed by atoms with Crippen LogP contribution in [0, 0.1) is 17.7 Å². The fourth-order valence-electron chi connectivity index (χ4n) is 5.86. The van der Waals surface area contributed by atoms with Gasteiger partial charge in [-0.25, -0.2) is 4.39 Å². The van der Waals surface area contributed by atoms with Gasteiger partial charge in [0.1, 0.15) is 11.5 Å². The molecule has 2 rings (SSSR count). The van der Waals surface area contributed by atoms with E-state index in [0.717, 1.165) is 85.7 Å². The SMILES string of the molecule is C=CC(=C\C(OC)=C(\C1=CCNCC1C)C(C)CC)/C(/C=C(/CC(C)c1c(O)ccc(F)c1O)C(=C)CCC)=C/CCCC. The number of aromatic hydroxyl groups is 2. The van der Waals surface area contributed by atoms with Crippen LogP contribution in [0.3, 0.4) is 0 Å². The maximum Gasteiger partial charge on any atom is 0.165 e. The van der Waals surface area contributed by atoms with Crippen molar-refractivity contribution in [2.75, 3.05) is 20.2 Å². The molecule has 0 spiro atoms. The van der Waals surface area contributed by atoms with Gasteiger partial charge in [-0.1, -0.05) is 104 Å². The number of phenols is 2. The summed E-state index contributed by atoms with van der Waals surface area (Å²) in [6.45, 7) is 23.3. The van der Waals surface area contributed by atoms with E-state index in [2.05, 4.69) is 77.4 Å². The van der Waals surface area contributed by atoms with Crippen LogP contribution in [0.1, 0.15) is 98.0 Å². The lowest BCUT2D eigenvalue weighted by Gasteiger charge is -2.28. The maximum atomic E-state index is 14.3. The van der Waals surface area contributed by atoms with Crippen LogP contribution >= 0.6 is 0 Å². The Morgan fingerprint density at radius 2 is 1.86 bits per heavy atom. The number of allylic oxidation sites excluding steroid dienone is 9. The molecule has 0 aliphatic carbocycles. The van der Waals surface area contributed by atoms with Crippen LogP contribution in [0.4, 0.5) is 4.39 Å². The highest BCUT2D eigenvalue weighted by molar-refractivity contribution is 5.54. The third-order valence-electron chi connectivity index (χ3n) is 8.61. The average molecular weight is 606 g/mol. The van der Waals surface area contributed by atoms with Gasteiger partial charge < -0.3 is 20.3 Å². The van der Waals surface area contributed by atoms with Gasteiger partial charge in [0.25, 0.3) is 0 Å². The number of halogens is 1. The molecule has 0 fully saturated rings. The smallest absolute Gasteiger partial charge is 0.165 e. The van der Waals surface area contributed by atoms with Crippen molar-refractivity contribution in [1.29, 1.82) is 0 Å². The number of hydrogen-bond donors (Lipinski definition) is 3. The van der Waals surface area contributed by atoms with Gasteiger partial charge in [0, 0.05) is 24.2 Å². The van der Waals surface area contributed by atoms with E-state index >= 15 is 0 Å². The zero-order valence-electron chi connectivity index (χ0n) is 28.2. The van der Waals surface area contributed by atoms with E-state index < -0.39 is 11.6 Å². The number of rotatable bonds is 17. The summed E-state index contributed by atoms with van der Waals surface area (Å²) < 4.78 is 20.4. The molecule has 0 saturated heterocycles. The van der Waals surface area contributed by atoms with Gasteiger partial charge in [-0.15, -0.1) is 0 Å². The number of unbranched alkanes of at least 4 members (excludes halogenated alkanes) is 2. The number of methoxy groups -OCH3 is 1. The highest BCUT2D eigenvalue weighted by Crippen LogP contribution is 2.40. The predicted octanol–water partition coefficient (Wildman–Crippen LogP) is 10.4. The van der Waals surface area contributed by atoms with Crippen molar-refractivity contribution in [2.45, 2.75) is 92.4 Å². The Morgan fingerprint density at radius 3 is 2.45 bits per heavy atom. The van der Waals surface area contributed by atoms with Crippen LogP contribution in [-0.2, 0) is 4.74 Å². The van der Waals surface area contributed by atoms with Gasteiger partial charge in [-0.05, 0) is 83.9 Å². The van der Waals surface area contributed by atoms with Gasteiger partial charge in [0.05, 0.1) is 7.11 Å². The largest absolute Gasteiger partial charge is 0.508 e. The van der Waals surface area contributed by atoms with Crippen LogP contribution in [0.15, 0.2) is 94.9 Å². The zero-order valence-corrected chi connectivity index (χ0v) is 28.2. The predicted molar refractivity (Wildman–Crippen MR) is 184 cm³/mol. The van der Waals surface area contributed by atoms with Crippen molar-refractivity contribution in [2.24, 2.45) is 11.8 Å². The fourth-order valence-corrected chi connectivity index (χ4v) is 5.86. The van der Waals surface area contributed by atoms with E-state index in [1.807, 2.05) is 13.0 Å². The molecule has 0 aromatic heterocycles. The van der Waals surface area contributed by atoms with Crippen molar-refractivity contribution in [3.63, 3.8) is 0 Å². The van der Waals surface area contributed by atoms with Gasteiger partial charge in [-0.2, -0.15) is 0 Å². The molecule has 5 heteroatoms. The molecule has 1 aliphatic heterocycles. The molecular weight excluding hydrogens is 549 g/mol. The summed E-state index contributed by atoms with van der Waals surface area (Å²) in [5.41, 5.74) is 6.73. The van der Waals surface area contributed by atoms with E-state index in [1.54, 1.807) is 7.11 Å². The molecule has 3 atom stereocenters. The number of ether oxygens (including phenoxy) is 1. The third-order valence-corrected chi connectivity index (χ3v) is 8.61. The Balaban J connectivity index is 2.76. The minimum Gasteiger partial charge on any atom is -0.508 e. The topological polar surface area (TPSA) is 61.7 Å². The van der Waals surface area contributed by atoms with E-state index in [9.17, 15) is 14.6 Å². The highest BCUT2D eigenvalue weighted by Gasteiger charge is 2.24. The molecular formula is C39H56FNO3. The van der Waals surface area contributed by atoms with Crippen LogP contribution in [0.25, 0.3) is 0 Å². The second kappa shape index (κ2) is 18.5. The van der Waals surface area contributed by atoms with E-state index in [-0.39, 0.29) is 17.2 Å². The van der Waals surface area contributed by atoms with E-state index in [1.165, 1.54) is 17.2 Å². The first kappa shape index (κ1) is 36.9. The molecule has 1 aromatic rings. The first-order valence-electron chi connectivity index (χ1n) is 16.4. The number of hydrogen-bond acceptors (Lipinski definition) is 4. The van der Waals surface area contributed by atoms with Crippen molar-refractivity contribution in [3.05, 3.63) is 106 Å². The molecule has 3 N–H and O–H groups in total. The maximum absolute atomic E-state index is 14.3. The monoisotopic (exact) mass is 605 g/mol. The highest BCUT2D eigenvalue weighted by atomic mass is 19.1. The van der Waals surface area contributed by atoms with Gasteiger partial charge in [0.15, 0.2) is 11.6 Å². The summed E-state index contributed by atoms with van der Waals surface area (Å²) >= 11 is 0. The second-order valence-electron chi connectivity index (χ2n) is 12.1. The first-order valence-corrected chi connectivity index (χ1v) is 16.4. The van der Waals surface area contributed by atoms with Gasteiger partial charge in [0.2, 0.25) is 0 Å². The van der Waals surface area contributed by atoms with Crippen molar-refractivity contribution in [1.82, 2.24) is 5.32 Å². The Kier molecular flexibility index (Phi) is 15.5.